The molecule has 1 rings (SSSR count). The van der Waals surface area contributed by atoms with Crippen LogP contribution in [-0.4, -0.2) is 27.5 Å². The number of sulfonamides is 1. The standard InChI is InChI=1S/C11H15F2NO3S/c1-8(2)17-9-3-5-10(6-4-9)18(15,16)14-7-11(12)13/h3-6,8,11,14H,7H2,1-2H3. The monoisotopic (exact) mass is 279 g/mol. The fourth-order valence-electron chi connectivity index (χ4n) is 1.23. The molecule has 0 unspecified atom stereocenters. The van der Waals surface area contributed by atoms with E-state index in [0.717, 1.165) is 0 Å². The molecular formula is C11H15F2NO3S. The molecule has 0 saturated heterocycles. The first-order chi connectivity index (χ1) is 8.31. The summed E-state index contributed by atoms with van der Waals surface area (Å²) in [5, 5.41) is 0. The number of benzene rings is 1. The van der Waals surface area contributed by atoms with Gasteiger partial charge in [0.2, 0.25) is 10.0 Å². The number of hydrogen-bond donors (Lipinski definition) is 1. The molecule has 0 bridgehead atoms. The van der Waals surface area contributed by atoms with Gasteiger partial charge in [0.05, 0.1) is 17.5 Å². The van der Waals surface area contributed by atoms with Crippen LogP contribution in [0.5, 0.6) is 5.75 Å². The SMILES string of the molecule is CC(C)Oc1ccc(S(=O)(=O)NCC(F)F)cc1. The van der Waals surface area contributed by atoms with E-state index in [2.05, 4.69) is 0 Å². The second-order valence-electron chi connectivity index (χ2n) is 3.88. The van der Waals surface area contributed by atoms with Crippen molar-refractivity contribution >= 4 is 10.0 Å². The first-order valence-corrected chi connectivity index (χ1v) is 6.84. The molecule has 0 aliphatic carbocycles. The van der Waals surface area contributed by atoms with E-state index >= 15 is 0 Å². The van der Waals surface area contributed by atoms with Gasteiger partial charge in [-0.3, -0.25) is 0 Å². The molecule has 1 N–H and O–H groups in total. The Balaban J connectivity index is 2.78. The third-order valence-corrected chi connectivity index (χ3v) is 3.37. The third-order valence-electron chi connectivity index (χ3n) is 1.93. The van der Waals surface area contributed by atoms with Crippen LogP contribution in [0.15, 0.2) is 29.2 Å². The van der Waals surface area contributed by atoms with Crippen molar-refractivity contribution < 1.29 is 21.9 Å². The predicted octanol–water partition coefficient (Wildman–Crippen LogP) is 2.02. The highest BCUT2D eigenvalue weighted by Crippen LogP contribution is 2.17. The maximum atomic E-state index is 11.9. The molecule has 0 aliphatic heterocycles. The van der Waals surface area contributed by atoms with E-state index < -0.39 is 23.0 Å². The van der Waals surface area contributed by atoms with Crippen molar-refractivity contribution in [3.8, 4) is 5.75 Å². The highest BCUT2D eigenvalue weighted by atomic mass is 32.2. The predicted molar refractivity (Wildman–Crippen MR) is 63.4 cm³/mol. The topological polar surface area (TPSA) is 55.4 Å². The van der Waals surface area contributed by atoms with E-state index in [9.17, 15) is 17.2 Å². The van der Waals surface area contributed by atoms with Crippen molar-refractivity contribution in [1.29, 1.82) is 0 Å². The minimum Gasteiger partial charge on any atom is -0.491 e. The number of ether oxygens (including phenoxy) is 1. The summed E-state index contributed by atoms with van der Waals surface area (Å²) >= 11 is 0. The minimum absolute atomic E-state index is 0.0237. The van der Waals surface area contributed by atoms with Crippen LogP contribution in [0.4, 0.5) is 8.78 Å². The average molecular weight is 279 g/mol. The number of rotatable bonds is 6. The number of halogens is 2. The van der Waals surface area contributed by atoms with E-state index in [4.69, 9.17) is 4.74 Å². The van der Waals surface area contributed by atoms with E-state index in [1.54, 1.807) is 0 Å². The van der Waals surface area contributed by atoms with Gasteiger partial charge in [0.15, 0.2) is 0 Å². The van der Waals surface area contributed by atoms with Gasteiger partial charge in [0.1, 0.15) is 5.75 Å². The summed E-state index contributed by atoms with van der Waals surface area (Å²) in [6.45, 7) is 2.79. The van der Waals surface area contributed by atoms with Crippen LogP contribution in [0.3, 0.4) is 0 Å². The molecule has 0 amide bonds. The van der Waals surface area contributed by atoms with Gasteiger partial charge in [-0.1, -0.05) is 0 Å². The van der Waals surface area contributed by atoms with Crippen LogP contribution in [0.25, 0.3) is 0 Å². The van der Waals surface area contributed by atoms with Gasteiger partial charge in [-0.2, -0.15) is 0 Å². The Morgan fingerprint density at radius 2 is 1.78 bits per heavy atom. The molecule has 0 spiro atoms. The molecule has 0 radical (unpaired) electrons. The van der Waals surface area contributed by atoms with E-state index in [-0.39, 0.29) is 11.0 Å². The lowest BCUT2D eigenvalue weighted by Crippen LogP contribution is -2.28. The summed E-state index contributed by atoms with van der Waals surface area (Å²) in [5.41, 5.74) is 0. The molecule has 0 aromatic heterocycles. The molecule has 1 aromatic rings. The number of alkyl halides is 2. The fourth-order valence-corrected chi connectivity index (χ4v) is 2.23. The summed E-state index contributed by atoms with van der Waals surface area (Å²) in [7, 11) is -3.89. The Morgan fingerprint density at radius 3 is 2.22 bits per heavy atom. The smallest absolute Gasteiger partial charge is 0.251 e. The molecule has 1 aromatic carbocycles. The van der Waals surface area contributed by atoms with Crippen molar-refractivity contribution in [2.45, 2.75) is 31.3 Å². The van der Waals surface area contributed by atoms with E-state index in [1.807, 2.05) is 18.6 Å². The first-order valence-electron chi connectivity index (χ1n) is 5.36. The molecule has 0 fully saturated rings. The van der Waals surface area contributed by atoms with Crippen molar-refractivity contribution in [2.24, 2.45) is 0 Å². The zero-order valence-electron chi connectivity index (χ0n) is 10.1. The van der Waals surface area contributed by atoms with Gasteiger partial charge < -0.3 is 4.74 Å². The summed E-state index contributed by atoms with van der Waals surface area (Å²) in [6, 6.07) is 5.59. The summed E-state index contributed by atoms with van der Waals surface area (Å²) in [5.74, 6) is 0.526. The van der Waals surface area contributed by atoms with Crippen LogP contribution in [-0.2, 0) is 10.0 Å². The molecule has 7 heteroatoms. The van der Waals surface area contributed by atoms with Crippen molar-refractivity contribution in [2.75, 3.05) is 6.54 Å². The maximum absolute atomic E-state index is 11.9. The summed E-state index contributed by atoms with van der Waals surface area (Å²) < 4.78 is 54.2. The highest BCUT2D eigenvalue weighted by Gasteiger charge is 2.16. The molecule has 102 valence electrons. The molecule has 0 aliphatic rings. The lowest BCUT2D eigenvalue weighted by Gasteiger charge is -2.10. The molecule has 18 heavy (non-hydrogen) atoms. The Hall–Kier alpha value is -1.21. The second kappa shape index (κ2) is 6.10. The van der Waals surface area contributed by atoms with Gasteiger partial charge in [0, 0.05) is 0 Å². The second-order valence-corrected chi connectivity index (χ2v) is 5.65. The van der Waals surface area contributed by atoms with Crippen LogP contribution >= 0.6 is 0 Å². The lowest BCUT2D eigenvalue weighted by atomic mass is 10.3. The minimum atomic E-state index is -3.89. The average Bonchev–Trinajstić information content (AvgIpc) is 2.26. The quantitative estimate of drug-likeness (QED) is 0.866. The van der Waals surface area contributed by atoms with E-state index in [1.165, 1.54) is 24.3 Å². The van der Waals surface area contributed by atoms with Gasteiger partial charge >= 0.3 is 0 Å². The van der Waals surface area contributed by atoms with Gasteiger partial charge in [-0.05, 0) is 38.1 Å². The lowest BCUT2D eigenvalue weighted by molar-refractivity contribution is 0.153. The zero-order valence-corrected chi connectivity index (χ0v) is 10.9. The number of nitrogens with one attached hydrogen (secondary N) is 1. The molecule has 0 atom stereocenters. The highest BCUT2D eigenvalue weighted by molar-refractivity contribution is 7.89. The van der Waals surface area contributed by atoms with Crippen molar-refractivity contribution in [1.82, 2.24) is 4.72 Å². The largest absolute Gasteiger partial charge is 0.491 e. The maximum Gasteiger partial charge on any atom is 0.251 e. The molecule has 4 nitrogen and oxygen atoms in total. The summed E-state index contributed by atoms with van der Waals surface area (Å²) in [6.07, 6.45) is -2.74. The van der Waals surface area contributed by atoms with Gasteiger partial charge in [-0.25, -0.2) is 21.9 Å². The normalized spacial score (nSPS) is 12.1. The van der Waals surface area contributed by atoms with Crippen molar-refractivity contribution in [3.05, 3.63) is 24.3 Å². The van der Waals surface area contributed by atoms with Crippen LogP contribution in [0, 0.1) is 0 Å². The molecule has 0 saturated carbocycles. The van der Waals surface area contributed by atoms with Crippen LogP contribution in [0.2, 0.25) is 0 Å². The van der Waals surface area contributed by atoms with Gasteiger partial charge in [0.25, 0.3) is 6.43 Å². The fraction of sp³-hybridized carbons (Fsp3) is 0.455. The van der Waals surface area contributed by atoms with Crippen LogP contribution in [0.1, 0.15) is 13.8 Å². The van der Waals surface area contributed by atoms with E-state index in [0.29, 0.717) is 5.75 Å². The Morgan fingerprint density at radius 1 is 1.22 bits per heavy atom. The van der Waals surface area contributed by atoms with Crippen molar-refractivity contribution in [3.63, 3.8) is 0 Å². The van der Waals surface area contributed by atoms with Gasteiger partial charge in [-0.15, -0.1) is 0 Å². The molecular weight excluding hydrogens is 264 g/mol. The number of hydrogen-bond acceptors (Lipinski definition) is 3. The first kappa shape index (κ1) is 14.8. The Labute approximate surface area is 105 Å². The summed E-state index contributed by atoms with van der Waals surface area (Å²) in [4.78, 5) is -0.0701. The third kappa shape index (κ3) is 4.58. The van der Waals surface area contributed by atoms with Crippen LogP contribution < -0.4 is 9.46 Å². The molecule has 0 heterocycles. The Kier molecular flexibility index (Phi) is 5.03. The zero-order chi connectivity index (χ0) is 13.8. The Bertz CT molecular complexity index is 472.